The zero-order valence-electron chi connectivity index (χ0n) is 12.0. The lowest BCUT2D eigenvalue weighted by molar-refractivity contribution is 0.453. The highest BCUT2D eigenvalue weighted by Crippen LogP contribution is 2.39. The van der Waals surface area contributed by atoms with E-state index in [9.17, 15) is 0 Å². The fourth-order valence-electron chi connectivity index (χ4n) is 2.05. The van der Waals surface area contributed by atoms with Gasteiger partial charge in [0.2, 0.25) is 5.89 Å². The van der Waals surface area contributed by atoms with Crippen LogP contribution in [0.25, 0.3) is 0 Å². The summed E-state index contributed by atoms with van der Waals surface area (Å²) in [5.74, 6) is 4.54. The molecule has 0 aromatic carbocycles. The van der Waals surface area contributed by atoms with E-state index in [-0.39, 0.29) is 6.04 Å². The molecule has 0 spiro atoms. The van der Waals surface area contributed by atoms with Crippen molar-refractivity contribution in [2.45, 2.75) is 38.6 Å². The molecular formula is C14H19N5O. The summed E-state index contributed by atoms with van der Waals surface area (Å²) in [5.41, 5.74) is 0. The maximum atomic E-state index is 5.53. The third kappa shape index (κ3) is 2.74. The van der Waals surface area contributed by atoms with E-state index < -0.39 is 0 Å². The second kappa shape index (κ2) is 5.11. The lowest BCUT2D eigenvalue weighted by atomic mass is 10.3. The van der Waals surface area contributed by atoms with Crippen LogP contribution in [0.4, 0.5) is 11.6 Å². The maximum Gasteiger partial charge on any atom is 0.216 e. The van der Waals surface area contributed by atoms with Crippen LogP contribution in [0.15, 0.2) is 16.7 Å². The molecule has 106 valence electrons. The van der Waals surface area contributed by atoms with Gasteiger partial charge >= 0.3 is 0 Å². The van der Waals surface area contributed by atoms with Crippen LogP contribution in [0.2, 0.25) is 0 Å². The van der Waals surface area contributed by atoms with Gasteiger partial charge in [-0.25, -0.2) is 15.0 Å². The van der Waals surface area contributed by atoms with Crippen LogP contribution < -0.4 is 10.6 Å². The van der Waals surface area contributed by atoms with E-state index in [0.717, 1.165) is 23.2 Å². The van der Waals surface area contributed by atoms with Gasteiger partial charge in [0.15, 0.2) is 0 Å². The Morgan fingerprint density at radius 2 is 2.05 bits per heavy atom. The maximum absolute atomic E-state index is 5.53. The third-order valence-electron chi connectivity index (χ3n) is 3.32. The number of rotatable bonds is 5. The first kappa shape index (κ1) is 12.9. The molecule has 2 aromatic rings. The van der Waals surface area contributed by atoms with Crippen LogP contribution in [0.5, 0.6) is 0 Å². The van der Waals surface area contributed by atoms with E-state index in [1.807, 2.05) is 27.0 Å². The molecule has 0 aliphatic heterocycles. The Balaban J connectivity index is 1.80. The van der Waals surface area contributed by atoms with Crippen molar-refractivity contribution in [1.29, 1.82) is 0 Å². The first-order valence-electron chi connectivity index (χ1n) is 6.91. The molecule has 0 bridgehead atoms. The zero-order valence-corrected chi connectivity index (χ0v) is 12.0. The molecule has 1 atom stereocenters. The first-order chi connectivity index (χ1) is 9.65. The van der Waals surface area contributed by atoms with Crippen molar-refractivity contribution >= 4 is 11.6 Å². The topological polar surface area (TPSA) is 75.9 Å². The normalized spacial score (nSPS) is 15.9. The van der Waals surface area contributed by atoms with Gasteiger partial charge in [0.1, 0.15) is 29.3 Å². The predicted molar refractivity (Wildman–Crippen MR) is 76.8 cm³/mol. The Morgan fingerprint density at radius 3 is 2.65 bits per heavy atom. The highest BCUT2D eigenvalue weighted by molar-refractivity contribution is 5.48. The molecule has 20 heavy (non-hydrogen) atoms. The van der Waals surface area contributed by atoms with Crippen molar-refractivity contribution in [2.75, 3.05) is 17.7 Å². The lowest BCUT2D eigenvalue weighted by Gasteiger charge is -2.13. The fraction of sp³-hybridized carbons (Fsp3) is 0.500. The van der Waals surface area contributed by atoms with Crippen molar-refractivity contribution in [3.8, 4) is 0 Å². The van der Waals surface area contributed by atoms with Crippen molar-refractivity contribution in [2.24, 2.45) is 0 Å². The van der Waals surface area contributed by atoms with Gasteiger partial charge in [-0.2, -0.15) is 0 Å². The van der Waals surface area contributed by atoms with Crippen LogP contribution in [-0.4, -0.2) is 22.0 Å². The van der Waals surface area contributed by atoms with Gasteiger partial charge in [0.05, 0.1) is 6.20 Å². The molecule has 1 saturated carbocycles. The number of aryl methyl sites for hydroxylation is 1. The van der Waals surface area contributed by atoms with Gasteiger partial charge in [-0.3, -0.25) is 0 Å². The number of nitrogens with one attached hydrogen (secondary N) is 2. The largest absolute Gasteiger partial charge is 0.444 e. The van der Waals surface area contributed by atoms with E-state index >= 15 is 0 Å². The highest BCUT2D eigenvalue weighted by Gasteiger charge is 2.27. The molecule has 1 aliphatic rings. The van der Waals surface area contributed by atoms with E-state index in [0.29, 0.717) is 11.8 Å². The minimum Gasteiger partial charge on any atom is -0.444 e. The minimum absolute atomic E-state index is 0.0321. The molecule has 3 rings (SSSR count). The summed E-state index contributed by atoms with van der Waals surface area (Å²) in [7, 11) is 1.86. The summed E-state index contributed by atoms with van der Waals surface area (Å²) in [6.45, 7) is 3.89. The summed E-state index contributed by atoms with van der Waals surface area (Å²) >= 11 is 0. The fourth-order valence-corrected chi connectivity index (χ4v) is 2.05. The Labute approximate surface area is 118 Å². The first-order valence-corrected chi connectivity index (χ1v) is 6.91. The Kier molecular flexibility index (Phi) is 3.30. The van der Waals surface area contributed by atoms with Crippen LogP contribution in [0, 0.1) is 6.92 Å². The molecule has 1 aliphatic carbocycles. The Bertz CT molecular complexity index is 605. The molecular weight excluding hydrogens is 254 g/mol. The van der Waals surface area contributed by atoms with Crippen LogP contribution in [-0.2, 0) is 0 Å². The summed E-state index contributed by atoms with van der Waals surface area (Å²) in [4.78, 5) is 13.3. The summed E-state index contributed by atoms with van der Waals surface area (Å²) in [6, 6.07) is 1.87. The number of oxazole rings is 1. The second-order valence-corrected chi connectivity index (χ2v) is 5.20. The molecule has 1 unspecified atom stereocenters. The average molecular weight is 273 g/mol. The van der Waals surface area contributed by atoms with Crippen molar-refractivity contribution in [3.05, 3.63) is 29.7 Å². The quantitative estimate of drug-likeness (QED) is 0.872. The van der Waals surface area contributed by atoms with Gasteiger partial charge in [0, 0.05) is 19.0 Å². The van der Waals surface area contributed by atoms with Gasteiger partial charge < -0.3 is 15.1 Å². The summed E-state index contributed by atoms with van der Waals surface area (Å²) in [5, 5.41) is 6.40. The van der Waals surface area contributed by atoms with E-state index in [1.54, 1.807) is 6.20 Å². The zero-order chi connectivity index (χ0) is 14.1. The molecule has 1 fully saturated rings. The smallest absolute Gasteiger partial charge is 0.216 e. The van der Waals surface area contributed by atoms with Gasteiger partial charge in [0.25, 0.3) is 0 Å². The van der Waals surface area contributed by atoms with Crippen molar-refractivity contribution < 1.29 is 4.42 Å². The second-order valence-electron chi connectivity index (χ2n) is 5.20. The van der Waals surface area contributed by atoms with Crippen molar-refractivity contribution in [3.63, 3.8) is 0 Å². The van der Waals surface area contributed by atoms with Crippen LogP contribution in [0.1, 0.15) is 49.2 Å². The van der Waals surface area contributed by atoms with Gasteiger partial charge in [-0.1, -0.05) is 0 Å². The number of aromatic nitrogens is 3. The molecule has 0 amide bonds. The van der Waals surface area contributed by atoms with E-state index in [1.165, 1.54) is 12.8 Å². The molecule has 2 aromatic heterocycles. The van der Waals surface area contributed by atoms with Gasteiger partial charge in [-0.15, -0.1) is 0 Å². The Morgan fingerprint density at radius 1 is 1.30 bits per heavy atom. The van der Waals surface area contributed by atoms with E-state index in [4.69, 9.17) is 4.42 Å². The number of hydrogen-bond donors (Lipinski definition) is 2. The summed E-state index contributed by atoms with van der Waals surface area (Å²) in [6.07, 6.45) is 4.09. The standard InChI is InChI=1S/C14H19N5O/c1-8-7-16-14(20-8)9(2)17-12-6-11(15-3)18-13(19-12)10-4-5-10/h6-7,9-10H,4-5H2,1-3H3,(H2,15,17,18,19). The highest BCUT2D eigenvalue weighted by atomic mass is 16.4. The van der Waals surface area contributed by atoms with Crippen LogP contribution in [0.3, 0.4) is 0 Å². The van der Waals surface area contributed by atoms with Crippen LogP contribution >= 0.6 is 0 Å². The SMILES string of the molecule is CNc1cc(NC(C)c2ncc(C)o2)nc(C2CC2)n1. The molecule has 6 nitrogen and oxygen atoms in total. The third-order valence-corrected chi connectivity index (χ3v) is 3.32. The minimum atomic E-state index is -0.0321. The summed E-state index contributed by atoms with van der Waals surface area (Å²) < 4.78 is 5.53. The molecule has 2 N–H and O–H groups in total. The number of hydrogen-bond acceptors (Lipinski definition) is 6. The van der Waals surface area contributed by atoms with Gasteiger partial charge in [-0.05, 0) is 26.7 Å². The number of anilines is 2. The Hall–Kier alpha value is -2.11. The van der Waals surface area contributed by atoms with E-state index in [2.05, 4.69) is 25.6 Å². The number of nitrogens with zero attached hydrogens (tertiary/aromatic N) is 3. The van der Waals surface area contributed by atoms with Crippen molar-refractivity contribution in [1.82, 2.24) is 15.0 Å². The average Bonchev–Trinajstić information content (AvgIpc) is 3.20. The lowest BCUT2D eigenvalue weighted by Crippen LogP contribution is -2.10. The monoisotopic (exact) mass is 273 g/mol. The molecule has 2 heterocycles. The molecule has 0 radical (unpaired) electrons. The molecule has 0 saturated heterocycles. The molecule has 6 heteroatoms. The predicted octanol–water partition coefficient (Wildman–Crippen LogP) is 2.87.